The van der Waals surface area contributed by atoms with E-state index in [1.807, 2.05) is 0 Å². The fourth-order valence-electron chi connectivity index (χ4n) is 1.79. The average Bonchev–Trinajstić information content (AvgIpc) is 2.76. The summed E-state index contributed by atoms with van der Waals surface area (Å²) in [6.45, 7) is 2.49. The number of rotatable bonds is 3. The summed E-state index contributed by atoms with van der Waals surface area (Å²) in [5.74, 6) is -0.187. The summed E-state index contributed by atoms with van der Waals surface area (Å²) in [6.07, 6.45) is 2.65. The van der Waals surface area contributed by atoms with Crippen LogP contribution in [0.1, 0.15) is 11.3 Å². The van der Waals surface area contributed by atoms with Gasteiger partial charge in [0.1, 0.15) is 0 Å². The third-order valence-corrected chi connectivity index (χ3v) is 3.68. The predicted molar refractivity (Wildman–Crippen MR) is 59.7 cm³/mol. The third kappa shape index (κ3) is 2.68. The zero-order chi connectivity index (χ0) is 10.8. The molecule has 0 aromatic carbocycles. The van der Waals surface area contributed by atoms with Gasteiger partial charge >= 0.3 is 0 Å². The van der Waals surface area contributed by atoms with Crippen molar-refractivity contribution in [3.63, 3.8) is 0 Å². The van der Waals surface area contributed by atoms with Crippen LogP contribution in [0.25, 0.3) is 0 Å². The van der Waals surface area contributed by atoms with E-state index in [1.54, 1.807) is 6.20 Å². The van der Waals surface area contributed by atoms with E-state index in [2.05, 4.69) is 9.88 Å². The molecule has 1 unspecified atom stereocenters. The number of nitrogens with zero attached hydrogens (tertiary/aromatic N) is 2. The van der Waals surface area contributed by atoms with Crippen LogP contribution < -0.4 is 5.73 Å². The second-order valence-electron chi connectivity index (χ2n) is 3.70. The number of primary amides is 1. The molecule has 15 heavy (non-hydrogen) atoms. The molecular weight excluding hydrogens is 234 g/mol. The SMILES string of the molecule is NC(=O)C1CCN(Cc2cnc(Cl)s2)C1. The normalized spacial score (nSPS) is 22.1. The molecule has 0 spiro atoms. The Labute approximate surface area is 97.0 Å². The van der Waals surface area contributed by atoms with Gasteiger partial charge in [-0.2, -0.15) is 0 Å². The van der Waals surface area contributed by atoms with Crippen LogP contribution in [0.3, 0.4) is 0 Å². The Hall–Kier alpha value is -0.650. The maximum Gasteiger partial charge on any atom is 0.221 e. The highest BCUT2D eigenvalue weighted by Crippen LogP contribution is 2.23. The highest BCUT2D eigenvalue weighted by Gasteiger charge is 2.26. The molecule has 1 fully saturated rings. The van der Waals surface area contributed by atoms with Gasteiger partial charge in [0.25, 0.3) is 0 Å². The van der Waals surface area contributed by atoms with Crippen LogP contribution in [-0.2, 0) is 11.3 Å². The second kappa shape index (κ2) is 4.47. The Morgan fingerprint density at radius 2 is 2.60 bits per heavy atom. The minimum absolute atomic E-state index is 0.00777. The number of hydrogen-bond acceptors (Lipinski definition) is 4. The van der Waals surface area contributed by atoms with Gasteiger partial charge in [0.15, 0.2) is 4.47 Å². The zero-order valence-electron chi connectivity index (χ0n) is 8.15. The Bertz CT molecular complexity index is 368. The van der Waals surface area contributed by atoms with Crippen LogP contribution >= 0.6 is 22.9 Å². The molecule has 1 saturated heterocycles. The van der Waals surface area contributed by atoms with E-state index < -0.39 is 0 Å². The lowest BCUT2D eigenvalue weighted by Crippen LogP contribution is -2.27. The summed E-state index contributed by atoms with van der Waals surface area (Å²) in [5.41, 5.74) is 5.26. The number of amides is 1. The first-order valence-corrected chi connectivity index (χ1v) is 5.96. The van der Waals surface area contributed by atoms with Crippen molar-refractivity contribution < 1.29 is 4.79 Å². The van der Waals surface area contributed by atoms with E-state index in [0.717, 1.165) is 30.9 Å². The summed E-state index contributed by atoms with van der Waals surface area (Å²) < 4.78 is 0.565. The van der Waals surface area contributed by atoms with Crippen molar-refractivity contribution in [3.8, 4) is 0 Å². The summed E-state index contributed by atoms with van der Waals surface area (Å²) in [5, 5.41) is 0. The topological polar surface area (TPSA) is 59.2 Å². The molecule has 2 heterocycles. The maximum absolute atomic E-state index is 11.0. The fourth-order valence-corrected chi connectivity index (χ4v) is 2.81. The summed E-state index contributed by atoms with van der Waals surface area (Å²) >= 11 is 7.22. The molecule has 0 bridgehead atoms. The van der Waals surface area contributed by atoms with Crippen molar-refractivity contribution >= 4 is 28.8 Å². The Kier molecular flexibility index (Phi) is 3.23. The monoisotopic (exact) mass is 245 g/mol. The highest BCUT2D eigenvalue weighted by molar-refractivity contribution is 7.15. The first-order chi connectivity index (χ1) is 7.15. The number of thiazole rings is 1. The zero-order valence-corrected chi connectivity index (χ0v) is 9.72. The van der Waals surface area contributed by atoms with E-state index in [-0.39, 0.29) is 11.8 Å². The standard InChI is InChI=1S/C9H12ClN3OS/c10-9-12-3-7(15-9)5-13-2-1-6(4-13)8(11)14/h3,6H,1-2,4-5H2,(H2,11,14). The number of likely N-dealkylation sites (tertiary alicyclic amines) is 1. The van der Waals surface area contributed by atoms with Crippen LogP contribution in [-0.4, -0.2) is 28.9 Å². The molecule has 1 amide bonds. The first-order valence-electron chi connectivity index (χ1n) is 4.77. The van der Waals surface area contributed by atoms with Gasteiger partial charge in [-0.15, -0.1) is 11.3 Å². The van der Waals surface area contributed by atoms with Crippen molar-refractivity contribution in [2.75, 3.05) is 13.1 Å². The molecule has 82 valence electrons. The molecule has 1 aromatic heterocycles. The number of carbonyl (C=O) groups is 1. The Morgan fingerprint density at radius 1 is 1.80 bits per heavy atom. The number of carbonyl (C=O) groups excluding carboxylic acids is 1. The van der Waals surface area contributed by atoms with Crippen LogP contribution in [0.15, 0.2) is 6.20 Å². The second-order valence-corrected chi connectivity index (χ2v) is 5.40. The van der Waals surface area contributed by atoms with Crippen molar-refractivity contribution in [2.24, 2.45) is 11.7 Å². The highest BCUT2D eigenvalue weighted by atomic mass is 35.5. The van der Waals surface area contributed by atoms with Gasteiger partial charge in [-0.05, 0) is 13.0 Å². The lowest BCUT2D eigenvalue weighted by Gasteiger charge is -2.13. The van der Waals surface area contributed by atoms with Crippen LogP contribution in [0.4, 0.5) is 0 Å². The molecule has 0 aliphatic carbocycles. The maximum atomic E-state index is 11.0. The quantitative estimate of drug-likeness (QED) is 0.868. The van der Waals surface area contributed by atoms with Crippen molar-refractivity contribution in [1.82, 2.24) is 9.88 Å². The Balaban J connectivity index is 1.90. The van der Waals surface area contributed by atoms with Gasteiger partial charge < -0.3 is 5.73 Å². The van der Waals surface area contributed by atoms with E-state index in [1.165, 1.54) is 11.3 Å². The van der Waals surface area contributed by atoms with Gasteiger partial charge in [-0.1, -0.05) is 11.6 Å². The van der Waals surface area contributed by atoms with Crippen molar-refractivity contribution in [3.05, 3.63) is 15.5 Å². The lowest BCUT2D eigenvalue weighted by molar-refractivity contribution is -0.121. The largest absolute Gasteiger partial charge is 0.369 e. The molecule has 2 rings (SSSR count). The van der Waals surface area contributed by atoms with E-state index in [9.17, 15) is 4.79 Å². The molecule has 1 aromatic rings. The summed E-state index contributed by atoms with van der Waals surface area (Å²) in [6, 6.07) is 0. The minimum atomic E-state index is -0.195. The average molecular weight is 246 g/mol. The van der Waals surface area contributed by atoms with Crippen molar-refractivity contribution in [2.45, 2.75) is 13.0 Å². The van der Waals surface area contributed by atoms with Gasteiger partial charge in [-0.25, -0.2) is 4.98 Å². The molecule has 4 nitrogen and oxygen atoms in total. The molecular formula is C9H12ClN3OS. The number of aromatic nitrogens is 1. The van der Waals surface area contributed by atoms with Crippen molar-refractivity contribution in [1.29, 1.82) is 0 Å². The van der Waals surface area contributed by atoms with Crippen LogP contribution in [0.2, 0.25) is 4.47 Å². The molecule has 1 atom stereocenters. The molecule has 2 N–H and O–H groups in total. The van der Waals surface area contributed by atoms with E-state index in [0.29, 0.717) is 4.47 Å². The van der Waals surface area contributed by atoms with Gasteiger partial charge in [0.2, 0.25) is 5.91 Å². The lowest BCUT2D eigenvalue weighted by atomic mass is 10.1. The smallest absolute Gasteiger partial charge is 0.221 e. The van der Waals surface area contributed by atoms with E-state index in [4.69, 9.17) is 17.3 Å². The summed E-state index contributed by atoms with van der Waals surface area (Å²) in [7, 11) is 0. The molecule has 0 saturated carbocycles. The molecule has 0 radical (unpaired) electrons. The van der Waals surface area contributed by atoms with Crippen LogP contribution in [0.5, 0.6) is 0 Å². The number of halogens is 1. The molecule has 1 aliphatic heterocycles. The summed E-state index contributed by atoms with van der Waals surface area (Å²) in [4.78, 5) is 18.3. The van der Waals surface area contributed by atoms with Gasteiger partial charge in [0.05, 0.1) is 5.92 Å². The van der Waals surface area contributed by atoms with Crippen LogP contribution in [0, 0.1) is 5.92 Å². The fraction of sp³-hybridized carbons (Fsp3) is 0.556. The van der Waals surface area contributed by atoms with Gasteiger partial charge in [0, 0.05) is 24.2 Å². The molecule has 1 aliphatic rings. The number of nitrogens with two attached hydrogens (primary N) is 1. The third-order valence-electron chi connectivity index (χ3n) is 2.58. The first kappa shape index (κ1) is 10.9. The Morgan fingerprint density at radius 3 is 3.13 bits per heavy atom. The predicted octanol–water partition coefficient (Wildman–Crippen LogP) is 1.10. The van der Waals surface area contributed by atoms with Gasteiger partial charge in [-0.3, -0.25) is 9.69 Å². The molecule has 6 heteroatoms. The number of hydrogen-bond donors (Lipinski definition) is 1. The van der Waals surface area contributed by atoms with E-state index >= 15 is 0 Å². The minimum Gasteiger partial charge on any atom is -0.369 e.